The first-order chi connectivity index (χ1) is 15.2. The highest BCUT2D eigenvalue weighted by Gasteiger charge is 2.29. The molecule has 7 heteroatoms. The van der Waals surface area contributed by atoms with Crippen molar-refractivity contribution in [2.75, 3.05) is 39.3 Å². The van der Waals surface area contributed by atoms with Gasteiger partial charge in [0.25, 0.3) is 0 Å². The molecule has 0 bridgehead atoms. The van der Waals surface area contributed by atoms with Crippen molar-refractivity contribution in [3.05, 3.63) is 35.9 Å². The minimum absolute atomic E-state index is 0. The van der Waals surface area contributed by atoms with E-state index in [1.165, 1.54) is 44.1 Å². The van der Waals surface area contributed by atoms with Crippen molar-refractivity contribution < 1.29 is 9.53 Å². The summed E-state index contributed by atoms with van der Waals surface area (Å²) in [5.41, 5.74) is 1.28. The summed E-state index contributed by atoms with van der Waals surface area (Å²) in [6.45, 7) is 6.64. The van der Waals surface area contributed by atoms with Gasteiger partial charge in [-0.25, -0.2) is 0 Å². The first-order valence-corrected chi connectivity index (χ1v) is 12.2. The summed E-state index contributed by atoms with van der Waals surface area (Å²) in [5, 5.41) is 6.69. The van der Waals surface area contributed by atoms with Crippen LogP contribution in [0.5, 0.6) is 0 Å². The highest BCUT2D eigenvalue weighted by atomic mass is 127. The molecule has 1 saturated heterocycles. The number of hydrogen-bond donors (Lipinski definition) is 2. The Morgan fingerprint density at radius 1 is 1.12 bits per heavy atom. The summed E-state index contributed by atoms with van der Waals surface area (Å²) in [4.78, 5) is 19.1. The third-order valence-corrected chi connectivity index (χ3v) is 6.21. The van der Waals surface area contributed by atoms with E-state index in [2.05, 4.69) is 41.8 Å². The van der Waals surface area contributed by atoms with Crippen molar-refractivity contribution in [1.29, 1.82) is 0 Å². The molecule has 2 fully saturated rings. The Morgan fingerprint density at radius 3 is 2.59 bits per heavy atom. The molecule has 0 spiro atoms. The highest BCUT2D eigenvalue weighted by molar-refractivity contribution is 14.0. The third-order valence-electron chi connectivity index (χ3n) is 6.21. The normalized spacial score (nSPS) is 20.0. The molecule has 2 N–H and O–H groups in total. The summed E-state index contributed by atoms with van der Waals surface area (Å²) in [6.07, 6.45) is 9.63. The number of amides is 1. The number of ether oxygens (including phenoxy) is 1. The molecule has 0 radical (unpaired) electrons. The predicted octanol–water partition coefficient (Wildman–Crippen LogP) is 3.99. The van der Waals surface area contributed by atoms with Gasteiger partial charge >= 0.3 is 0 Å². The van der Waals surface area contributed by atoms with Crippen LogP contribution in [0.15, 0.2) is 35.3 Å². The SMILES string of the molecule is CCNC(=NCC1CC(=O)N(CCc2ccccc2)C1)NCCOC1CCCCCC1.I. The lowest BCUT2D eigenvalue weighted by atomic mass is 10.1. The van der Waals surface area contributed by atoms with Gasteiger partial charge in [-0.1, -0.05) is 56.0 Å². The fourth-order valence-corrected chi connectivity index (χ4v) is 4.47. The maximum absolute atomic E-state index is 12.4. The van der Waals surface area contributed by atoms with Crippen molar-refractivity contribution in [2.45, 2.75) is 64.4 Å². The van der Waals surface area contributed by atoms with Crippen LogP contribution in [0.3, 0.4) is 0 Å². The maximum Gasteiger partial charge on any atom is 0.223 e. The Labute approximate surface area is 211 Å². The molecular formula is C25H41IN4O2. The smallest absolute Gasteiger partial charge is 0.223 e. The first-order valence-electron chi connectivity index (χ1n) is 12.2. The number of guanidine groups is 1. The van der Waals surface area contributed by atoms with Crippen LogP contribution in [-0.4, -0.2) is 62.2 Å². The molecule has 2 aliphatic rings. The molecule has 6 nitrogen and oxygen atoms in total. The minimum Gasteiger partial charge on any atom is -0.376 e. The topological polar surface area (TPSA) is 66.0 Å². The lowest BCUT2D eigenvalue weighted by molar-refractivity contribution is -0.127. The number of likely N-dealkylation sites (tertiary alicyclic amines) is 1. The second kappa shape index (κ2) is 15.5. The number of nitrogens with zero attached hydrogens (tertiary/aromatic N) is 2. The number of carbonyl (C=O) groups excluding carboxylic acids is 1. The van der Waals surface area contributed by atoms with E-state index in [1.54, 1.807) is 0 Å². The van der Waals surface area contributed by atoms with E-state index in [0.29, 0.717) is 31.6 Å². The van der Waals surface area contributed by atoms with Crippen LogP contribution in [0, 0.1) is 5.92 Å². The van der Waals surface area contributed by atoms with Crippen molar-refractivity contribution in [1.82, 2.24) is 15.5 Å². The summed E-state index contributed by atoms with van der Waals surface area (Å²) in [6, 6.07) is 10.4. The van der Waals surface area contributed by atoms with Crippen LogP contribution in [0.1, 0.15) is 57.4 Å². The van der Waals surface area contributed by atoms with E-state index in [1.807, 2.05) is 11.0 Å². The molecule has 0 aromatic heterocycles. The van der Waals surface area contributed by atoms with Crippen molar-refractivity contribution >= 4 is 35.8 Å². The molecule has 1 heterocycles. The van der Waals surface area contributed by atoms with Gasteiger partial charge in [0.05, 0.1) is 12.7 Å². The average Bonchev–Trinajstić information content (AvgIpc) is 2.97. The molecule has 1 saturated carbocycles. The zero-order chi connectivity index (χ0) is 21.7. The first kappa shape index (κ1) is 26.9. The summed E-state index contributed by atoms with van der Waals surface area (Å²) in [5.74, 6) is 1.37. The summed E-state index contributed by atoms with van der Waals surface area (Å²) < 4.78 is 6.06. The molecular weight excluding hydrogens is 515 g/mol. The number of hydrogen-bond acceptors (Lipinski definition) is 3. The van der Waals surface area contributed by atoms with E-state index in [9.17, 15) is 4.79 Å². The number of rotatable bonds is 10. The molecule has 1 aliphatic carbocycles. The van der Waals surface area contributed by atoms with Gasteiger partial charge in [0.1, 0.15) is 0 Å². The molecule has 32 heavy (non-hydrogen) atoms. The predicted molar refractivity (Wildman–Crippen MR) is 142 cm³/mol. The number of benzene rings is 1. The number of nitrogens with one attached hydrogen (secondary N) is 2. The summed E-state index contributed by atoms with van der Waals surface area (Å²) in [7, 11) is 0. The van der Waals surface area contributed by atoms with Crippen molar-refractivity contribution in [3.8, 4) is 0 Å². The fraction of sp³-hybridized carbons (Fsp3) is 0.680. The van der Waals surface area contributed by atoms with Crippen molar-refractivity contribution in [2.24, 2.45) is 10.9 Å². The largest absolute Gasteiger partial charge is 0.376 e. The minimum atomic E-state index is 0. The molecule has 1 aliphatic heterocycles. The zero-order valence-corrected chi connectivity index (χ0v) is 21.9. The van der Waals surface area contributed by atoms with Gasteiger partial charge in [0, 0.05) is 45.1 Å². The molecule has 1 aromatic carbocycles. The van der Waals surface area contributed by atoms with E-state index < -0.39 is 0 Å². The molecule has 1 unspecified atom stereocenters. The van der Waals surface area contributed by atoms with Gasteiger partial charge in [-0.3, -0.25) is 9.79 Å². The maximum atomic E-state index is 12.4. The lowest BCUT2D eigenvalue weighted by Gasteiger charge is -2.17. The number of aliphatic imine (C=N–C) groups is 1. The van der Waals surface area contributed by atoms with Gasteiger partial charge in [-0.2, -0.15) is 0 Å². The van der Waals surface area contributed by atoms with Crippen molar-refractivity contribution in [3.63, 3.8) is 0 Å². The van der Waals surface area contributed by atoms with Gasteiger partial charge in [-0.15, -0.1) is 24.0 Å². The lowest BCUT2D eigenvalue weighted by Crippen LogP contribution is -2.39. The Balaban J connectivity index is 0.00000363. The quantitative estimate of drug-likeness (QED) is 0.151. The van der Waals surface area contributed by atoms with Crippen LogP contribution in [0.4, 0.5) is 0 Å². The number of halogens is 1. The Morgan fingerprint density at radius 2 is 1.88 bits per heavy atom. The Bertz CT molecular complexity index is 678. The monoisotopic (exact) mass is 556 g/mol. The van der Waals surface area contributed by atoms with Gasteiger partial charge in [0.2, 0.25) is 5.91 Å². The van der Waals surface area contributed by atoms with Crippen LogP contribution >= 0.6 is 24.0 Å². The zero-order valence-electron chi connectivity index (χ0n) is 19.6. The van der Waals surface area contributed by atoms with Crippen LogP contribution in [0.2, 0.25) is 0 Å². The average molecular weight is 557 g/mol. The van der Waals surface area contributed by atoms with E-state index in [-0.39, 0.29) is 29.9 Å². The van der Waals surface area contributed by atoms with Crippen LogP contribution < -0.4 is 10.6 Å². The van der Waals surface area contributed by atoms with Gasteiger partial charge in [0.15, 0.2) is 5.96 Å². The molecule has 180 valence electrons. The highest BCUT2D eigenvalue weighted by Crippen LogP contribution is 2.20. The Hall–Kier alpha value is -1.35. The summed E-state index contributed by atoms with van der Waals surface area (Å²) >= 11 is 0. The molecule has 1 aromatic rings. The van der Waals surface area contributed by atoms with Gasteiger partial charge in [-0.05, 0) is 31.7 Å². The van der Waals surface area contributed by atoms with Gasteiger partial charge < -0.3 is 20.3 Å². The van der Waals surface area contributed by atoms with E-state index in [0.717, 1.165) is 38.6 Å². The van der Waals surface area contributed by atoms with Crippen LogP contribution in [0.25, 0.3) is 0 Å². The molecule has 1 amide bonds. The van der Waals surface area contributed by atoms with E-state index in [4.69, 9.17) is 9.73 Å². The second-order valence-corrected chi connectivity index (χ2v) is 8.78. The third kappa shape index (κ3) is 9.65. The standard InChI is InChI=1S/C25H40N4O2.HI/c1-2-26-25(27-15-17-31-23-12-8-3-4-9-13-23)28-19-22-18-24(30)29(20-22)16-14-21-10-6-5-7-11-21;/h5-7,10-11,22-23H,2-4,8-9,12-20H2,1H3,(H2,26,27,28);1H. The molecule has 3 rings (SSSR count). The molecule has 1 atom stereocenters. The van der Waals surface area contributed by atoms with E-state index >= 15 is 0 Å². The Kier molecular flexibility index (Phi) is 13.0. The number of carbonyl (C=O) groups is 1. The van der Waals surface area contributed by atoms with Crippen LogP contribution in [-0.2, 0) is 16.0 Å². The fourth-order valence-electron chi connectivity index (χ4n) is 4.47. The second-order valence-electron chi connectivity index (χ2n) is 8.78.